The van der Waals surface area contributed by atoms with Gasteiger partial charge < -0.3 is 9.72 Å². The van der Waals surface area contributed by atoms with Crippen LogP contribution in [0.3, 0.4) is 0 Å². The molecule has 0 saturated carbocycles. The number of fused-ring (bicyclic) bond motifs is 1. The van der Waals surface area contributed by atoms with Crippen molar-refractivity contribution in [3.8, 4) is 0 Å². The SMILES string of the molecule is CC(O[C@H]1CCc2c([nH]ccc2=O)[C@@H]1c1ccc(F)cc1)c1cc(C(F)(F)F)cc(C(F)(F)F)c1. The number of rotatable bonds is 4. The monoisotopic (exact) mass is 499 g/mol. The van der Waals surface area contributed by atoms with Gasteiger partial charge in [0.2, 0.25) is 0 Å². The molecule has 3 nitrogen and oxygen atoms in total. The largest absolute Gasteiger partial charge is 0.416 e. The average molecular weight is 499 g/mol. The Bertz CT molecular complexity index is 1230. The highest BCUT2D eigenvalue weighted by molar-refractivity contribution is 5.38. The topological polar surface area (TPSA) is 42.1 Å². The van der Waals surface area contributed by atoms with Crippen molar-refractivity contribution >= 4 is 0 Å². The summed E-state index contributed by atoms with van der Waals surface area (Å²) < 4.78 is 99.4. The Morgan fingerprint density at radius 3 is 2.11 bits per heavy atom. The Morgan fingerprint density at radius 2 is 1.54 bits per heavy atom. The van der Waals surface area contributed by atoms with Crippen LogP contribution in [0, 0.1) is 5.82 Å². The van der Waals surface area contributed by atoms with Crippen molar-refractivity contribution in [3.05, 3.63) is 104 Å². The van der Waals surface area contributed by atoms with Gasteiger partial charge in [-0.25, -0.2) is 4.39 Å². The van der Waals surface area contributed by atoms with Gasteiger partial charge in [0.25, 0.3) is 0 Å². The molecule has 10 heteroatoms. The molecule has 1 aliphatic carbocycles. The smallest absolute Gasteiger partial charge is 0.370 e. The minimum atomic E-state index is -4.98. The third kappa shape index (κ3) is 5.27. The van der Waals surface area contributed by atoms with Crippen LogP contribution in [0.25, 0.3) is 0 Å². The van der Waals surface area contributed by atoms with Gasteiger partial charge in [0.1, 0.15) is 5.82 Å². The summed E-state index contributed by atoms with van der Waals surface area (Å²) >= 11 is 0. The van der Waals surface area contributed by atoms with E-state index in [1.54, 1.807) is 0 Å². The van der Waals surface area contributed by atoms with Crippen LogP contribution in [0.5, 0.6) is 0 Å². The number of ether oxygens (including phenoxy) is 1. The highest BCUT2D eigenvalue weighted by Gasteiger charge is 2.39. The van der Waals surface area contributed by atoms with Crippen molar-refractivity contribution < 1.29 is 35.5 Å². The maximum atomic E-state index is 13.5. The molecule has 0 saturated heterocycles. The molecule has 0 spiro atoms. The van der Waals surface area contributed by atoms with Gasteiger partial charge in [-0.15, -0.1) is 0 Å². The first-order chi connectivity index (χ1) is 16.3. The molecule has 1 N–H and O–H groups in total. The Hall–Kier alpha value is -3.14. The highest BCUT2D eigenvalue weighted by Crippen LogP contribution is 2.41. The number of alkyl halides is 6. The Labute approximate surface area is 195 Å². The van der Waals surface area contributed by atoms with Crippen molar-refractivity contribution in [2.45, 2.75) is 50.2 Å². The Morgan fingerprint density at radius 1 is 0.943 bits per heavy atom. The molecule has 0 amide bonds. The molecular formula is C25H20F7NO2. The molecule has 1 aliphatic rings. The fourth-order valence-corrected chi connectivity index (χ4v) is 4.45. The standard InChI is InChI=1S/C25H20F7NO2/c1-13(15-10-16(24(27,28)29)12-17(11-15)25(30,31)32)35-21-7-6-19-20(34)8-9-33-23(19)22(21)14-2-4-18(26)5-3-14/h2-5,8-13,21-22H,6-7H2,1H3,(H,33,34)/t13?,21-,22+/m0/s1. The number of hydrogen-bond acceptors (Lipinski definition) is 2. The zero-order valence-electron chi connectivity index (χ0n) is 18.3. The summed E-state index contributed by atoms with van der Waals surface area (Å²) in [4.78, 5) is 15.4. The lowest BCUT2D eigenvalue weighted by atomic mass is 9.79. The molecule has 1 aromatic heterocycles. The molecule has 0 radical (unpaired) electrons. The Balaban J connectivity index is 1.73. The number of aromatic nitrogens is 1. The summed E-state index contributed by atoms with van der Waals surface area (Å²) in [6, 6.07) is 8.20. The minimum absolute atomic E-state index is 0.0686. The summed E-state index contributed by atoms with van der Waals surface area (Å²) in [6.07, 6.45) is -9.75. The van der Waals surface area contributed by atoms with E-state index in [0.29, 0.717) is 35.4 Å². The van der Waals surface area contributed by atoms with Gasteiger partial charge >= 0.3 is 12.4 Å². The fourth-order valence-electron chi connectivity index (χ4n) is 4.45. The third-order valence-corrected chi connectivity index (χ3v) is 6.15. The predicted molar refractivity (Wildman–Crippen MR) is 113 cm³/mol. The molecule has 3 atom stereocenters. The summed E-state index contributed by atoms with van der Waals surface area (Å²) in [7, 11) is 0. The van der Waals surface area contributed by atoms with Gasteiger partial charge in [-0.2, -0.15) is 26.3 Å². The summed E-state index contributed by atoms with van der Waals surface area (Å²) in [6.45, 7) is 1.38. The second kappa shape index (κ2) is 9.14. The van der Waals surface area contributed by atoms with Gasteiger partial charge in [0.15, 0.2) is 5.43 Å². The van der Waals surface area contributed by atoms with Gasteiger partial charge in [-0.1, -0.05) is 12.1 Å². The first-order valence-electron chi connectivity index (χ1n) is 10.8. The average Bonchev–Trinajstić information content (AvgIpc) is 2.78. The van der Waals surface area contributed by atoms with E-state index in [2.05, 4.69) is 4.98 Å². The molecule has 4 rings (SSSR count). The summed E-state index contributed by atoms with van der Waals surface area (Å²) in [5.41, 5.74) is -1.72. The predicted octanol–water partition coefficient (Wildman–Crippen LogP) is 6.78. The first-order valence-corrected chi connectivity index (χ1v) is 10.8. The molecule has 0 fully saturated rings. The number of halogens is 7. The quantitative estimate of drug-likeness (QED) is 0.403. The number of benzene rings is 2. The normalized spacial score (nSPS) is 19.3. The number of aromatic amines is 1. The van der Waals surface area contributed by atoms with Gasteiger partial charge in [-0.3, -0.25) is 4.79 Å². The van der Waals surface area contributed by atoms with Gasteiger partial charge in [0, 0.05) is 23.5 Å². The minimum Gasteiger partial charge on any atom is -0.370 e. The number of pyridine rings is 1. The fraction of sp³-hybridized carbons (Fsp3) is 0.320. The molecule has 1 unspecified atom stereocenters. The lowest BCUT2D eigenvalue weighted by Gasteiger charge is -2.35. The van der Waals surface area contributed by atoms with Crippen LogP contribution in [0.2, 0.25) is 0 Å². The van der Waals surface area contributed by atoms with E-state index in [-0.39, 0.29) is 23.5 Å². The second-order valence-electron chi connectivity index (χ2n) is 8.46. The van der Waals surface area contributed by atoms with Crippen molar-refractivity contribution in [2.75, 3.05) is 0 Å². The van der Waals surface area contributed by atoms with E-state index in [4.69, 9.17) is 4.74 Å². The van der Waals surface area contributed by atoms with Gasteiger partial charge in [0.05, 0.1) is 29.3 Å². The highest BCUT2D eigenvalue weighted by atomic mass is 19.4. The van der Waals surface area contributed by atoms with Crippen LogP contribution in [0.15, 0.2) is 59.5 Å². The maximum absolute atomic E-state index is 13.5. The van der Waals surface area contributed by atoms with E-state index in [1.165, 1.54) is 43.5 Å². The molecule has 186 valence electrons. The summed E-state index contributed by atoms with van der Waals surface area (Å²) in [5.74, 6) is -1.09. The number of nitrogens with one attached hydrogen (secondary N) is 1. The number of H-pyrrole nitrogens is 1. The number of hydrogen-bond donors (Lipinski definition) is 1. The van der Waals surface area contributed by atoms with Crippen LogP contribution >= 0.6 is 0 Å². The first kappa shape index (κ1) is 25.0. The van der Waals surface area contributed by atoms with Crippen molar-refractivity contribution in [1.82, 2.24) is 4.98 Å². The van der Waals surface area contributed by atoms with Crippen LogP contribution in [0.1, 0.15) is 58.9 Å². The van der Waals surface area contributed by atoms with E-state index < -0.39 is 47.4 Å². The lowest BCUT2D eigenvalue weighted by molar-refractivity contribution is -0.143. The van der Waals surface area contributed by atoms with Crippen LogP contribution in [-0.2, 0) is 23.5 Å². The van der Waals surface area contributed by atoms with E-state index in [0.717, 1.165) is 0 Å². The molecule has 0 aliphatic heterocycles. The zero-order chi connectivity index (χ0) is 25.5. The molecule has 0 bridgehead atoms. The molecular weight excluding hydrogens is 479 g/mol. The van der Waals surface area contributed by atoms with Crippen LogP contribution < -0.4 is 5.43 Å². The maximum Gasteiger partial charge on any atom is 0.416 e. The van der Waals surface area contributed by atoms with Crippen LogP contribution in [0.4, 0.5) is 30.7 Å². The van der Waals surface area contributed by atoms with Gasteiger partial charge in [-0.05, 0) is 61.2 Å². The zero-order valence-corrected chi connectivity index (χ0v) is 18.3. The molecule has 35 heavy (non-hydrogen) atoms. The summed E-state index contributed by atoms with van der Waals surface area (Å²) in [5, 5.41) is 0. The van der Waals surface area contributed by atoms with E-state index in [1.807, 2.05) is 0 Å². The van der Waals surface area contributed by atoms with Crippen molar-refractivity contribution in [2.24, 2.45) is 0 Å². The lowest BCUT2D eigenvalue weighted by Crippen LogP contribution is -2.33. The second-order valence-corrected chi connectivity index (χ2v) is 8.46. The Kier molecular flexibility index (Phi) is 6.52. The molecule has 3 aromatic rings. The van der Waals surface area contributed by atoms with E-state index in [9.17, 15) is 35.5 Å². The van der Waals surface area contributed by atoms with Crippen molar-refractivity contribution in [1.29, 1.82) is 0 Å². The molecule has 2 aromatic carbocycles. The van der Waals surface area contributed by atoms with E-state index >= 15 is 0 Å². The third-order valence-electron chi connectivity index (χ3n) is 6.15. The van der Waals surface area contributed by atoms with Crippen molar-refractivity contribution in [3.63, 3.8) is 0 Å². The molecule has 1 heterocycles. The van der Waals surface area contributed by atoms with Crippen LogP contribution in [-0.4, -0.2) is 11.1 Å².